The Kier molecular flexibility index (Phi) is 3.42. The Hall–Kier alpha value is -0.990. The molecule has 1 aromatic rings. The van der Waals surface area contributed by atoms with Crippen LogP contribution in [0.4, 0.5) is 0 Å². The molecule has 0 bridgehead atoms. The molecule has 0 aliphatic heterocycles. The number of nitrogens with zero attached hydrogens (tertiary/aromatic N) is 2. The Morgan fingerprint density at radius 1 is 1.33 bits per heavy atom. The molecule has 0 amide bonds. The summed E-state index contributed by atoms with van der Waals surface area (Å²) in [6.45, 7) is 10.3. The quantitative estimate of drug-likeness (QED) is 0.832. The van der Waals surface area contributed by atoms with Crippen LogP contribution in [0.1, 0.15) is 51.9 Å². The number of unbranched alkanes of at least 4 members (excludes halogenated alkanes) is 1. The van der Waals surface area contributed by atoms with Gasteiger partial charge in [0.15, 0.2) is 5.75 Å². The van der Waals surface area contributed by atoms with Crippen LogP contribution < -0.4 is 0 Å². The second-order valence-electron chi connectivity index (χ2n) is 5.07. The number of aromatic hydroxyl groups is 1. The smallest absolute Gasteiger partial charge is 0.159 e. The zero-order valence-electron chi connectivity index (χ0n) is 10.5. The van der Waals surface area contributed by atoms with Crippen LogP contribution in [0.3, 0.4) is 0 Å². The summed E-state index contributed by atoms with van der Waals surface area (Å²) in [7, 11) is 0. The third-order valence-electron chi connectivity index (χ3n) is 2.52. The molecule has 0 fully saturated rings. The molecular formula is C12H22N2O. The van der Waals surface area contributed by atoms with Gasteiger partial charge in [-0.1, -0.05) is 13.3 Å². The van der Waals surface area contributed by atoms with Crippen molar-refractivity contribution in [1.82, 2.24) is 9.78 Å². The zero-order chi connectivity index (χ0) is 11.6. The summed E-state index contributed by atoms with van der Waals surface area (Å²) >= 11 is 0. The van der Waals surface area contributed by atoms with E-state index in [1.165, 1.54) is 0 Å². The number of hydrogen-bond acceptors (Lipinski definition) is 2. The Bertz CT molecular complexity index is 334. The van der Waals surface area contributed by atoms with Gasteiger partial charge in [0.05, 0.1) is 11.2 Å². The van der Waals surface area contributed by atoms with Gasteiger partial charge in [0.2, 0.25) is 0 Å². The highest BCUT2D eigenvalue weighted by Crippen LogP contribution is 2.28. The summed E-state index contributed by atoms with van der Waals surface area (Å²) in [4.78, 5) is 0. The molecule has 1 N–H and O–H groups in total. The van der Waals surface area contributed by atoms with Crippen LogP contribution in [0.25, 0.3) is 0 Å². The van der Waals surface area contributed by atoms with Crippen molar-refractivity contribution in [2.45, 2.75) is 59.4 Å². The van der Waals surface area contributed by atoms with Gasteiger partial charge in [0, 0.05) is 0 Å². The van der Waals surface area contributed by atoms with Crippen molar-refractivity contribution in [3.05, 3.63) is 11.4 Å². The van der Waals surface area contributed by atoms with Crippen LogP contribution >= 0.6 is 0 Å². The first-order valence-corrected chi connectivity index (χ1v) is 5.66. The largest absolute Gasteiger partial charge is 0.504 e. The van der Waals surface area contributed by atoms with Crippen molar-refractivity contribution in [2.75, 3.05) is 0 Å². The van der Waals surface area contributed by atoms with Gasteiger partial charge in [0.1, 0.15) is 5.69 Å². The predicted molar refractivity (Wildman–Crippen MR) is 62.2 cm³/mol. The van der Waals surface area contributed by atoms with Crippen molar-refractivity contribution >= 4 is 0 Å². The van der Waals surface area contributed by atoms with Crippen LogP contribution in [-0.2, 0) is 12.0 Å². The molecule has 0 saturated heterocycles. The van der Waals surface area contributed by atoms with Gasteiger partial charge in [-0.25, -0.2) is 0 Å². The van der Waals surface area contributed by atoms with E-state index >= 15 is 0 Å². The molecule has 1 heterocycles. The molecule has 15 heavy (non-hydrogen) atoms. The van der Waals surface area contributed by atoms with E-state index < -0.39 is 0 Å². The third-order valence-corrected chi connectivity index (χ3v) is 2.52. The molecule has 1 rings (SSSR count). The highest BCUT2D eigenvalue weighted by Gasteiger charge is 2.22. The van der Waals surface area contributed by atoms with E-state index in [-0.39, 0.29) is 5.54 Å². The van der Waals surface area contributed by atoms with E-state index in [1.807, 2.05) is 11.6 Å². The normalized spacial score (nSPS) is 12.1. The SMILES string of the molecule is CCCCc1c(O)c(C)nn1C(C)(C)C. The van der Waals surface area contributed by atoms with Gasteiger partial charge in [-0.05, 0) is 40.5 Å². The standard InChI is InChI=1S/C12H22N2O/c1-6-7-8-10-11(15)9(2)13-14(10)12(3,4)5/h15H,6-8H2,1-5H3. The zero-order valence-corrected chi connectivity index (χ0v) is 10.5. The molecule has 3 nitrogen and oxygen atoms in total. The van der Waals surface area contributed by atoms with Crippen molar-refractivity contribution in [2.24, 2.45) is 0 Å². The van der Waals surface area contributed by atoms with Crippen molar-refractivity contribution in [3.8, 4) is 5.75 Å². The van der Waals surface area contributed by atoms with Crippen LogP contribution in [0, 0.1) is 6.92 Å². The molecule has 1 aromatic heterocycles. The second kappa shape index (κ2) is 4.25. The molecule has 3 heteroatoms. The van der Waals surface area contributed by atoms with E-state index in [2.05, 4.69) is 32.8 Å². The molecule has 0 radical (unpaired) electrons. The minimum atomic E-state index is -0.0607. The molecule has 0 atom stereocenters. The summed E-state index contributed by atoms with van der Waals surface area (Å²) in [6.07, 6.45) is 3.13. The summed E-state index contributed by atoms with van der Waals surface area (Å²) in [5.41, 5.74) is 1.65. The Balaban J connectivity index is 3.10. The average molecular weight is 210 g/mol. The van der Waals surface area contributed by atoms with Crippen LogP contribution in [0.2, 0.25) is 0 Å². The maximum atomic E-state index is 9.93. The predicted octanol–water partition coefficient (Wildman–Crippen LogP) is 2.99. The van der Waals surface area contributed by atoms with Crippen molar-refractivity contribution < 1.29 is 5.11 Å². The van der Waals surface area contributed by atoms with Crippen molar-refractivity contribution in [1.29, 1.82) is 0 Å². The number of aryl methyl sites for hydroxylation is 1. The first-order chi connectivity index (χ1) is 6.88. The Morgan fingerprint density at radius 3 is 2.40 bits per heavy atom. The van der Waals surface area contributed by atoms with Gasteiger partial charge in [-0.3, -0.25) is 4.68 Å². The van der Waals surface area contributed by atoms with Gasteiger partial charge >= 0.3 is 0 Å². The first kappa shape index (κ1) is 12.1. The average Bonchev–Trinajstić information content (AvgIpc) is 2.40. The molecule has 0 unspecified atom stereocenters. The molecular weight excluding hydrogens is 188 g/mol. The lowest BCUT2D eigenvalue weighted by Gasteiger charge is -2.22. The van der Waals surface area contributed by atoms with E-state index in [0.717, 1.165) is 30.7 Å². The van der Waals surface area contributed by atoms with Gasteiger partial charge in [0.25, 0.3) is 0 Å². The van der Waals surface area contributed by atoms with Crippen LogP contribution in [0.15, 0.2) is 0 Å². The highest BCUT2D eigenvalue weighted by atomic mass is 16.3. The van der Waals surface area contributed by atoms with Crippen LogP contribution in [-0.4, -0.2) is 14.9 Å². The maximum absolute atomic E-state index is 9.93. The summed E-state index contributed by atoms with van der Waals surface area (Å²) in [6, 6.07) is 0. The van der Waals surface area contributed by atoms with E-state index in [9.17, 15) is 5.11 Å². The number of rotatable bonds is 3. The molecule has 86 valence electrons. The van der Waals surface area contributed by atoms with E-state index in [4.69, 9.17) is 0 Å². The minimum Gasteiger partial charge on any atom is -0.504 e. The molecule has 0 aliphatic carbocycles. The summed E-state index contributed by atoms with van der Waals surface area (Å²) in [5, 5.41) is 14.3. The molecule has 0 saturated carbocycles. The lowest BCUT2D eigenvalue weighted by Crippen LogP contribution is -2.25. The summed E-state index contributed by atoms with van der Waals surface area (Å²) in [5.74, 6) is 0.373. The van der Waals surface area contributed by atoms with Gasteiger partial charge < -0.3 is 5.11 Å². The minimum absolute atomic E-state index is 0.0607. The Labute approximate surface area is 92.1 Å². The first-order valence-electron chi connectivity index (χ1n) is 5.66. The maximum Gasteiger partial charge on any atom is 0.159 e. The number of aromatic nitrogens is 2. The fourth-order valence-electron chi connectivity index (χ4n) is 1.69. The highest BCUT2D eigenvalue weighted by molar-refractivity contribution is 5.32. The van der Waals surface area contributed by atoms with E-state index in [0.29, 0.717) is 5.75 Å². The lowest BCUT2D eigenvalue weighted by atomic mass is 10.1. The van der Waals surface area contributed by atoms with Gasteiger partial charge in [-0.15, -0.1) is 0 Å². The summed E-state index contributed by atoms with van der Waals surface area (Å²) < 4.78 is 1.95. The molecule has 0 aliphatic rings. The van der Waals surface area contributed by atoms with Gasteiger partial charge in [-0.2, -0.15) is 5.10 Å². The van der Waals surface area contributed by atoms with Crippen molar-refractivity contribution in [3.63, 3.8) is 0 Å². The lowest BCUT2D eigenvalue weighted by molar-refractivity contribution is 0.337. The monoisotopic (exact) mass is 210 g/mol. The second-order valence-corrected chi connectivity index (χ2v) is 5.07. The molecule has 0 spiro atoms. The molecule has 0 aromatic carbocycles. The topological polar surface area (TPSA) is 38.1 Å². The van der Waals surface area contributed by atoms with E-state index in [1.54, 1.807) is 0 Å². The number of hydrogen-bond donors (Lipinski definition) is 1. The Morgan fingerprint density at radius 2 is 1.93 bits per heavy atom. The van der Waals surface area contributed by atoms with Crippen LogP contribution in [0.5, 0.6) is 5.75 Å². The fraction of sp³-hybridized carbons (Fsp3) is 0.750. The fourth-order valence-corrected chi connectivity index (χ4v) is 1.69. The third kappa shape index (κ3) is 2.52.